The normalized spacial score (nSPS) is 14.3. The van der Waals surface area contributed by atoms with Crippen molar-refractivity contribution >= 4 is 22.5 Å². The van der Waals surface area contributed by atoms with Gasteiger partial charge >= 0.3 is 0 Å². The maximum atomic E-state index is 9.36. The van der Waals surface area contributed by atoms with Gasteiger partial charge in [-0.2, -0.15) is 5.10 Å². The quantitative estimate of drug-likeness (QED) is 0.915. The van der Waals surface area contributed by atoms with Gasteiger partial charge in [0.25, 0.3) is 0 Å². The highest BCUT2D eigenvalue weighted by Crippen LogP contribution is 2.31. The van der Waals surface area contributed by atoms with Crippen molar-refractivity contribution in [1.82, 2.24) is 5.01 Å². The first-order chi connectivity index (χ1) is 11.3. The number of benzene rings is 2. The van der Waals surface area contributed by atoms with E-state index in [-0.39, 0.29) is 6.61 Å². The summed E-state index contributed by atoms with van der Waals surface area (Å²) in [5.74, 6) is 0.819. The first kappa shape index (κ1) is 15.6. The molecule has 1 N–H and O–H groups in total. The molecule has 0 unspecified atom stereocenters. The van der Waals surface area contributed by atoms with E-state index in [0.717, 1.165) is 27.6 Å². The predicted molar refractivity (Wildman–Crippen MR) is 95.3 cm³/mol. The van der Waals surface area contributed by atoms with Gasteiger partial charge in [0, 0.05) is 16.5 Å². The Kier molecular flexibility index (Phi) is 5.00. The number of hydrogen-bond donors (Lipinski definition) is 1. The van der Waals surface area contributed by atoms with Gasteiger partial charge in [0.15, 0.2) is 0 Å². The second-order valence-corrected chi connectivity index (χ2v) is 5.83. The van der Waals surface area contributed by atoms with Crippen molar-refractivity contribution in [3.8, 4) is 5.75 Å². The molecule has 0 aromatic heterocycles. The SMILES string of the molecule is COc1ccc(C2=CSC(c3ccccc3)=NN2CCO)cc1. The summed E-state index contributed by atoms with van der Waals surface area (Å²) in [6.07, 6.45) is 0. The summed E-state index contributed by atoms with van der Waals surface area (Å²) in [4.78, 5) is 0. The molecular formula is C18H18N2O2S. The van der Waals surface area contributed by atoms with Gasteiger partial charge in [0.05, 0.1) is 26.0 Å². The molecule has 1 heterocycles. The van der Waals surface area contributed by atoms with Crippen LogP contribution in [0.3, 0.4) is 0 Å². The average molecular weight is 326 g/mol. The van der Waals surface area contributed by atoms with E-state index in [0.29, 0.717) is 6.54 Å². The summed E-state index contributed by atoms with van der Waals surface area (Å²) in [7, 11) is 1.65. The van der Waals surface area contributed by atoms with Crippen LogP contribution in [0.4, 0.5) is 0 Å². The summed E-state index contributed by atoms with van der Waals surface area (Å²) < 4.78 is 5.20. The second-order valence-electron chi connectivity index (χ2n) is 4.97. The highest BCUT2D eigenvalue weighted by molar-refractivity contribution is 8.17. The van der Waals surface area contributed by atoms with Gasteiger partial charge in [-0.1, -0.05) is 42.1 Å². The van der Waals surface area contributed by atoms with Crippen LogP contribution in [0, 0.1) is 0 Å². The zero-order valence-electron chi connectivity index (χ0n) is 12.8. The third-order valence-corrected chi connectivity index (χ3v) is 4.37. The lowest BCUT2D eigenvalue weighted by Crippen LogP contribution is -2.23. The summed E-state index contributed by atoms with van der Waals surface area (Å²) in [6, 6.07) is 17.9. The lowest BCUT2D eigenvalue weighted by molar-refractivity contribution is 0.247. The molecule has 0 spiro atoms. The van der Waals surface area contributed by atoms with E-state index < -0.39 is 0 Å². The van der Waals surface area contributed by atoms with Crippen LogP contribution in [0.1, 0.15) is 11.1 Å². The minimum atomic E-state index is 0.0454. The molecule has 23 heavy (non-hydrogen) atoms. The molecule has 0 atom stereocenters. The topological polar surface area (TPSA) is 45.1 Å². The van der Waals surface area contributed by atoms with Crippen molar-refractivity contribution < 1.29 is 9.84 Å². The van der Waals surface area contributed by atoms with Crippen molar-refractivity contribution in [1.29, 1.82) is 0 Å². The maximum absolute atomic E-state index is 9.36. The van der Waals surface area contributed by atoms with Crippen molar-refractivity contribution in [2.24, 2.45) is 5.10 Å². The number of hydrogen-bond acceptors (Lipinski definition) is 5. The number of β-amino-alcohol motifs (C(OH)–C–C–N with tert-alkyl or cyclic N) is 1. The Balaban J connectivity index is 1.88. The summed E-state index contributed by atoms with van der Waals surface area (Å²) in [5, 5.41) is 18.9. The first-order valence-electron chi connectivity index (χ1n) is 7.35. The molecule has 0 radical (unpaired) electrons. The van der Waals surface area contributed by atoms with Crippen LogP contribution in [0.25, 0.3) is 5.70 Å². The molecule has 1 aliphatic rings. The zero-order chi connectivity index (χ0) is 16.1. The summed E-state index contributed by atoms with van der Waals surface area (Å²) in [6.45, 7) is 0.498. The molecule has 0 fully saturated rings. The molecule has 0 bridgehead atoms. The minimum absolute atomic E-state index is 0.0454. The molecule has 118 valence electrons. The molecule has 2 aromatic carbocycles. The Morgan fingerprint density at radius 3 is 2.43 bits per heavy atom. The number of rotatable bonds is 5. The fraction of sp³-hybridized carbons (Fsp3) is 0.167. The molecule has 5 heteroatoms. The zero-order valence-corrected chi connectivity index (χ0v) is 13.7. The summed E-state index contributed by atoms with van der Waals surface area (Å²) in [5.41, 5.74) is 3.10. The van der Waals surface area contributed by atoms with Gasteiger partial charge < -0.3 is 9.84 Å². The van der Waals surface area contributed by atoms with E-state index in [1.54, 1.807) is 18.9 Å². The van der Waals surface area contributed by atoms with Crippen molar-refractivity contribution in [3.05, 3.63) is 71.1 Å². The van der Waals surface area contributed by atoms with Gasteiger partial charge in [-0.05, 0) is 24.3 Å². The number of ether oxygens (including phenoxy) is 1. The smallest absolute Gasteiger partial charge is 0.128 e. The van der Waals surface area contributed by atoms with Gasteiger partial charge in [0.2, 0.25) is 0 Å². The highest BCUT2D eigenvalue weighted by Gasteiger charge is 2.18. The predicted octanol–water partition coefficient (Wildman–Crippen LogP) is 3.40. The Morgan fingerprint density at radius 2 is 1.78 bits per heavy atom. The fourth-order valence-electron chi connectivity index (χ4n) is 2.31. The van der Waals surface area contributed by atoms with Crippen molar-refractivity contribution in [2.75, 3.05) is 20.3 Å². The van der Waals surface area contributed by atoms with Crippen molar-refractivity contribution in [2.45, 2.75) is 0 Å². The minimum Gasteiger partial charge on any atom is -0.497 e. The van der Waals surface area contributed by atoms with Crippen LogP contribution in [0.2, 0.25) is 0 Å². The monoisotopic (exact) mass is 326 g/mol. The van der Waals surface area contributed by atoms with E-state index in [1.165, 1.54) is 0 Å². The Labute approximate surface area is 140 Å². The molecule has 0 saturated carbocycles. The van der Waals surface area contributed by atoms with Gasteiger partial charge in [-0.25, -0.2) is 0 Å². The highest BCUT2D eigenvalue weighted by atomic mass is 32.2. The third kappa shape index (κ3) is 3.57. The van der Waals surface area contributed by atoms with Crippen LogP contribution < -0.4 is 4.74 Å². The van der Waals surface area contributed by atoms with E-state index in [4.69, 9.17) is 9.84 Å². The number of thioether (sulfide) groups is 1. The van der Waals surface area contributed by atoms with Crippen LogP contribution in [-0.2, 0) is 0 Å². The van der Waals surface area contributed by atoms with E-state index in [9.17, 15) is 5.11 Å². The molecule has 0 aliphatic carbocycles. The number of nitrogens with zero attached hydrogens (tertiary/aromatic N) is 2. The Hall–Kier alpha value is -2.24. The molecular weight excluding hydrogens is 308 g/mol. The van der Waals surface area contributed by atoms with Crippen molar-refractivity contribution in [3.63, 3.8) is 0 Å². The second kappa shape index (κ2) is 7.35. The first-order valence-corrected chi connectivity index (χ1v) is 8.23. The number of aliphatic hydroxyl groups excluding tert-OH is 1. The van der Waals surface area contributed by atoms with Crippen LogP contribution >= 0.6 is 11.8 Å². The standard InChI is InChI=1S/C18H18N2O2S/c1-22-16-9-7-14(8-10-16)17-13-23-18(19-20(17)11-12-21)15-5-3-2-4-6-15/h2-10,13,21H,11-12H2,1H3. The van der Waals surface area contributed by atoms with Crippen LogP contribution in [0.5, 0.6) is 5.75 Å². The van der Waals surface area contributed by atoms with E-state index in [2.05, 4.69) is 5.41 Å². The molecule has 3 rings (SSSR count). The van der Waals surface area contributed by atoms with Crippen LogP contribution in [0.15, 0.2) is 65.1 Å². The van der Waals surface area contributed by atoms with Crippen LogP contribution in [-0.4, -0.2) is 35.4 Å². The number of hydrazone groups is 1. The fourth-order valence-corrected chi connectivity index (χ4v) is 3.21. The molecule has 0 amide bonds. The number of methoxy groups -OCH3 is 1. The third-order valence-electron chi connectivity index (χ3n) is 3.49. The van der Waals surface area contributed by atoms with Gasteiger partial charge in [0.1, 0.15) is 10.8 Å². The maximum Gasteiger partial charge on any atom is 0.128 e. The van der Waals surface area contributed by atoms with E-state index >= 15 is 0 Å². The lowest BCUT2D eigenvalue weighted by atomic mass is 10.1. The molecule has 1 aliphatic heterocycles. The Morgan fingerprint density at radius 1 is 1.04 bits per heavy atom. The average Bonchev–Trinajstić information content (AvgIpc) is 2.63. The molecule has 4 nitrogen and oxygen atoms in total. The Bertz CT molecular complexity index is 712. The van der Waals surface area contributed by atoms with E-state index in [1.807, 2.05) is 59.6 Å². The number of aliphatic hydroxyl groups is 1. The summed E-state index contributed by atoms with van der Waals surface area (Å²) >= 11 is 1.59. The largest absolute Gasteiger partial charge is 0.497 e. The molecule has 0 saturated heterocycles. The van der Waals surface area contributed by atoms with Gasteiger partial charge in [-0.15, -0.1) is 0 Å². The lowest BCUT2D eigenvalue weighted by Gasteiger charge is -2.26. The van der Waals surface area contributed by atoms with Gasteiger partial charge in [-0.3, -0.25) is 5.01 Å². The molecule has 2 aromatic rings.